The minimum atomic E-state index is -3.38. The van der Waals surface area contributed by atoms with Crippen LogP contribution in [0.5, 0.6) is 0 Å². The minimum absolute atomic E-state index is 0.00445. The molecule has 1 aromatic rings. The fraction of sp³-hybridized carbons (Fsp3) is 0.533. The van der Waals surface area contributed by atoms with E-state index in [0.29, 0.717) is 18.4 Å². The van der Waals surface area contributed by atoms with Crippen molar-refractivity contribution in [2.75, 3.05) is 7.11 Å². The molecular formula is C15H20O5S. The first-order valence-corrected chi connectivity index (χ1v) is 8.55. The van der Waals surface area contributed by atoms with E-state index in [0.717, 1.165) is 12.8 Å². The fourth-order valence-electron chi connectivity index (χ4n) is 2.76. The molecule has 21 heavy (non-hydrogen) atoms. The van der Waals surface area contributed by atoms with Crippen LogP contribution in [0.1, 0.15) is 31.2 Å². The first-order chi connectivity index (χ1) is 9.93. The Morgan fingerprint density at radius 3 is 2.52 bits per heavy atom. The number of aliphatic carboxylic acids is 1. The topological polar surface area (TPSA) is 80.7 Å². The number of hydrogen-bond acceptors (Lipinski definition) is 4. The van der Waals surface area contributed by atoms with Crippen molar-refractivity contribution in [3.8, 4) is 0 Å². The van der Waals surface area contributed by atoms with Crippen LogP contribution < -0.4 is 0 Å². The van der Waals surface area contributed by atoms with Crippen LogP contribution >= 0.6 is 0 Å². The molecule has 5 nitrogen and oxygen atoms in total. The lowest BCUT2D eigenvalue weighted by Gasteiger charge is -2.28. The molecule has 1 aromatic carbocycles. The second-order valence-electron chi connectivity index (χ2n) is 5.41. The number of carboxylic acids is 1. The Hall–Kier alpha value is -1.40. The lowest BCUT2D eigenvalue weighted by Crippen LogP contribution is -2.31. The summed E-state index contributed by atoms with van der Waals surface area (Å²) < 4.78 is 30.5. The maximum absolute atomic E-state index is 12.6. The number of carboxylic acid groups (broad SMARTS) is 1. The molecule has 0 heterocycles. The first-order valence-electron chi connectivity index (χ1n) is 7.01. The van der Waals surface area contributed by atoms with Crippen LogP contribution in [0.25, 0.3) is 0 Å². The van der Waals surface area contributed by atoms with Gasteiger partial charge in [0.1, 0.15) is 0 Å². The predicted octanol–water partition coefficient (Wildman–Crippen LogP) is 2.04. The Balaban J connectivity index is 2.17. The number of hydrogen-bond donors (Lipinski definition) is 1. The maximum Gasteiger partial charge on any atom is 0.307 e. The number of benzene rings is 1. The van der Waals surface area contributed by atoms with Crippen molar-refractivity contribution < 1.29 is 23.1 Å². The monoisotopic (exact) mass is 312 g/mol. The largest absolute Gasteiger partial charge is 0.481 e. The van der Waals surface area contributed by atoms with Gasteiger partial charge in [0.05, 0.1) is 22.7 Å². The number of methoxy groups -OCH3 is 1. The van der Waals surface area contributed by atoms with Crippen LogP contribution in [0.4, 0.5) is 0 Å². The third-order valence-corrected chi connectivity index (χ3v) is 6.19. The zero-order chi connectivity index (χ0) is 15.5. The van der Waals surface area contributed by atoms with Gasteiger partial charge in [-0.2, -0.15) is 0 Å². The van der Waals surface area contributed by atoms with Crippen molar-refractivity contribution in [2.24, 2.45) is 0 Å². The van der Waals surface area contributed by atoms with E-state index in [9.17, 15) is 13.2 Å². The molecule has 0 spiro atoms. The summed E-state index contributed by atoms with van der Waals surface area (Å²) >= 11 is 0. The highest BCUT2D eigenvalue weighted by Gasteiger charge is 2.32. The van der Waals surface area contributed by atoms with Gasteiger partial charge < -0.3 is 9.84 Å². The number of sulfone groups is 1. The van der Waals surface area contributed by atoms with Gasteiger partial charge in [-0.25, -0.2) is 8.42 Å². The number of carbonyl (C=O) groups is 1. The highest BCUT2D eigenvalue weighted by molar-refractivity contribution is 7.92. The molecule has 0 saturated heterocycles. The van der Waals surface area contributed by atoms with Crippen molar-refractivity contribution >= 4 is 15.8 Å². The van der Waals surface area contributed by atoms with E-state index in [2.05, 4.69) is 0 Å². The predicted molar refractivity (Wildman–Crippen MR) is 78.0 cm³/mol. The molecule has 1 N–H and O–H groups in total. The molecule has 1 fully saturated rings. The molecule has 1 saturated carbocycles. The molecular weight excluding hydrogens is 292 g/mol. The smallest absolute Gasteiger partial charge is 0.307 e. The van der Waals surface area contributed by atoms with Gasteiger partial charge in [0.25, 0.3) is 0 Å². The second-order valence-corrected chi connectivity index (χ2v) is 7.63. The molecule has 6 heteroatoms. The van der Waals surface area contributed by atoms with E-state index in [1.165, 1.54) is 12.1 Å². The van der Waals surface area contributed by atoms with E-state index < -0.39 is 21.1 Å². The van der Waals surface area contributed by atoms with E-state index in [1.54, 1.807) is 19.2 Å². The van der Waals surface area contributed by atoms with Gasteiger partial charge >= 0.3 is 5.97 Å². The van der Waals surface area contributed by atoms with Crippen LogP contribution in [0.2, 0.25) is 0 Å². The van der Waals surface area contributed by atoms with E-state index in [1.807, 2.05) is 0 Å². The molecule has 0 bridgehead atoms. The second kappa shape index (κ2) is 6.58. The quantitative estimate of drug-likeness (QED) is 0.900. The summed E-state index contributed by atoms with van der Waals surface area (Å²) in [4.78, 5) is 10.9. The third-order valence-electron chi connectivity index (χ3n) is 3.96. The molecule has 2 rings (SSSR count). The molecule has 0 amide bonds. The van der Waals surface area contributed by atoms with Gasteiger partial charge in [0.2, 0.25) is 0 Å². The van der Waals surface area contributed by atoms with Crippen molar-refractivity contribution in [3.63, 3.8) is 0 Å². The van der Waals surface area contributed by atoms with Crippen molar-refractivity contribution in [3.05, 3.63) is 29.8 Å². The molecule has 1 aliphatic carbocycles. The molecule has 0 aliphatic heterocycles. The van der Waals surface area contributed by atoms with Crippen molar-refractivity contribution in [1.82, 2.24) is 0 Å². The first kappa shape index (κ1) is 16.0. The van der Waals surface area contributed by atoms with E-state index in [-0.39, 0.29) is 17.4 Å². The molecule has 0 radical (unpaired) electrons. The van der Waals surface area contributed by atoms with Crippen LogP contribution in [0, 0.1) is 0 Å². The summed E-state index contributed by atoms with van der Waals surface area (Å²) in [5.74, 6) is -0.930. The Morgan fingerprint density at radius 2 is 1.95 bits per heavy atom. The van der Waals surface area contributed by atoms with Crippen LogP contribution in [0.3, 0.4) is 0 Å². The van der Waals surface area contributed by atoms with Crippen LogP contribution in [-0.2, 0) is 25.8 Å². The SMILES string of the molecule is COC1CCCC(S(=O)(=O)c2ccc(CC(=O)O)cc2)C1. The van der Waals surface area contributed by atoms with Gasteiger partial charge in [-0.05, 0) is 43.4 Å². The lowest BCUT2D eigenvalue weighted by molar-refractivity contribution is -0.136. The normalized spacial score (nSPS) is 22.9. The highest BCUT2D eigenvalue weighted by atomic mass is 32.2. The molecule has 116 valence electrons. The third kappa shape index (κ3) is 3.83. The molecule has 2 unspecified atom stereocenters. The Kier molecular flexibility index (Phi) is 5.00. The average molecular weight is 312 g/mol. The maximum atomic E-state index is 12.6. The van der Waals surface area contributed by atoms with E-state index >= 15 is 0 Å². The molecule has 2 atom stereocenters. The molecule has 1 aliphatic rings. The Bertz CT molecular complexity index is 591. The van der Waals surface area contributed by atoms with Gasteiger partial charge in [-0.15, -0.1) is 0 Å². The fourth-order valence-corrected chi connectivity index (χ4v) is 4.61. The van der Waals surface area contributed by atoms with Gasteiger partial charge in [0.15, 0.2) is 9.84 Å². The summed E-state index contributed by atoms with van der Waals surface area (Å²) in [6, 6.07) is 6.14. The summed E-state index contributed by atoms with van der Waals surface area (Å²) in [7, 11) is -1.77. The molecule has 0 aromatic heterocycles. The summed E-state index contributed by atoms with van der Waals surface area (Å²) in [5.41, 5.74) is 0.597. The van der Waals surface area contributed by atoms with Crippen molar-refractivity contribution in [1.29, 1.82) is 0 Å². The Labute approximate surface area is 124 Å². The average Bonchev–Trinajstić information content (AvgIpc) is 2.47. The standard InChI is InChI=1S/C15H20O5S/c1-20-12-3-2-4-14(10-12)21(18,19)13-7-5-11(6-8-13)9-15(16)17/h5-8,12,14H,2-4,9-10H2,1H3,(H,16,17). The lowest BCUT2D eigenvalue weighted by atomic mass is 9.97. The summed E-state index contributed by atoms with van der Waals surface area (Å²) in [6.45, 7) is 0. The number of ether oxygens (including phenoxy) is 1. The summed E-state index contributed by atoms with van der Waals surface area (Å²) in [5, 5.41) is 8.31. The minimum Gasteiger partial charge on any atom is -0.481 e. The van der Waals surface area contributed by atoms with Gasteiger partial charge in [0, 0.05) is 7.11 Å². The number of rotatable bonds is 5. The van der Waals surface area contributed by atoms with Gasteiger partial charge in [-0.1, -0.05) is 12.1 Å². The van der Waals surface area contributed by atoms with Crippen LogP contribution in [-0.4, -0.2) is 38.0 Å². The zero-order valence-corrected chi connectivity index (χ0v) is 12.8. The van der Waals surface area contributed by atoms with Crippen LogP contribution in [0.15, 0.2) is 29.2 Å². The van der Waals surface area contributed by atoms with Crippen molar-refractivity contribution in [2.45, 2.75) is 48.4 Å². The Morgan fingerprint density at radius 1 is 1.29 bits per heavy atom. The van der Waals surface area contributed by atoms with Gasteiger partial charge in [-0.3, -0.25) is 4.79 Å². The van der Waals surface area contributed by atoms with E-state index in [4.69, 9.17) is 9.84 Å². The summed E-state index contributed by atoms with van der Waals surface area (Å²) in [6.07, 6.45) is 2.83. The highest BCUT2D eigenvalue weighted by Crippen LogP contribution is 2.30. The zero-order valence-electron chi connectivity index (χ0n) is 12.0.